The van der Waals surface area contributed by atoms with Gasteiger partial charge in [-0.25, -0.2) is 5.48 Å². The summed E-state index contributed by atoms with van der Waals surface area (Å²) in [5.74, 6) is 1.12. The summed E-state index contributed by atoms with van der Waals surface area (Å²) in [4.78, 5) is 0. The van der Waals surface area contributed by atoms with E-state index in [9.17, 15) is 5.11 Å². The van der Waals surface area contributed by atoms with E-state index >= 15 is 0 Å². The standard InChI is InChI=1S/C12H17NO3/c1-16-11-6-8(7-13-15)12(14)10-5-3-2-4-9(10)11/h6,13-15H,2-5,7H2,1H3. The Bertz CT molecular complexity index is 390. The van der Waals surface area contributed by atoms with Gasteiger partial charge in [-0.15, -0.1) is 0 Å². The number of hydrogen-bond acceptors (Lipinski definition) is 4. The highest BCUT2D eigenvalue weighted by molar-refractivity contribution is 5.54. The van der Waals surface area contributed by atoms with Gasteiger partial charge in [0.2, 0.25) is 0 Å². The van der Waals surface area contributed by atoms with Gasteiger partial charge in [-0.1, -0.05) is 0 Å². The van der Waals surface area contributed by atoms with Crippen LogP contribution in [-0.4, -0.2) is 17.4 Å². The number of phenols is 1. The Morgan fingerprint density at radius 2 is 2.00 bits per heavy atom. The number of hydroxylamine groups is 1. The maximum atomic E-state index is 10.1. The largest absolute Gasteiger partial charge is 0.507 e. The van der Waals surface area contributed by atoms with Crippen molar-refractivity contribution in [1.29, 1.82) is 0 Å². The van der Waals surface area contributed by atoms with Gasteiger partial charge >= 0.3 is 0 Å². The highest BCUT2D eigenvalue weighted by Crippen LogP contribution is 2.38. The zero-order chi connectivity index (χ0) is 11.5. The second kappa shape index (κ2) is 4.72. The van der Waals surface area contributed by atoms with Gasteiger partial charge in [0, 0.05) is 23.2 Å². The fraction of sp³-hybridized carbons (Fsp3) is 0.500. The zero-order valence-corrected chi connectivity index (χ0v) is 9.42. The lowest BCUT2D eigenvalue weighted by molar-refractivity contribution is 0.160. The molecule has 0 atom stereocenters. The van der Waals surface area contributed by atoms with E-state index in [0.717, 1.165) is 42.6 Å². The van der Waals surface area contributed by atoms with Crippen molar-refractivity contribution < 1.29 is 15.1 Å². The van der Waals surface area contributed by atoms with Crippen molar-refractivity contribution in [2.24, 2.45) is 0 Å². The molecule has 0 bridgehead atoms. The molecule has 4 heteroatoms. The highest BCUT2D eigenvalue weighted by Gasteiger charge is 2.20. The van der Waals surface area contributed by atoms with Crippen molar-refractivity contribution >= 4 is 0 Å². The maximum absolute atomic E-state index is 10.1. The Balaban J connectivity index is 2.51. The number of benzene rings is 1. The van der Waals surface area contributed by atoms with E-state index in [2.05, 4.69) is 5.48 Å². The molecule has 1 aliphatic rings. The van der Waals surface area contributed by atoms with Crippen molar-refractivity contribution in [3.63, 3.8) is 0 Å². The molecule has 0 radical (unpaired) electrons. The second-order valence-corrected chi connectivity index (χ2v) is 4.09. The topological polar surface area (TPSA) is 61.7 Å². The van der Waals surface area contributed by atoms with Gasteiger partial charge in [0.25, 0.3) is 0 Å². The molecule has 88 valence electrons. The van der Waals surface area contributed by atoms with Crippen LogP contribution in [0.4, 0.5) is 0 Å². The fourth-order valence-corrected chi connectivity index (χ4v) is 2.35. The minimum Gasteiger partial charge on any atom is -0.507 e. The molecule has 0 spiro atoms. The van der Waals surface area contributed by atoms with Crippen LogP contribution in [0.3, 0.4) is 0 Å². The van der Waals surface area contributed by atoms with Gasteiger partial charge in [0.1, 0.15) is 11.5 Å². The van der Waals surface area contributed by atoms with Crippen LogP contribution in [-0.2, 0) is 19.4 Å². The molecular weight excluding hydrogens is 206 g/mol. The van der Waals surface area contributed by atoms with Gasteiger partial charge in [-0.05, 0) is 31.7 Å². The number of phenolic OH excluding ortho intramolecular Hbond substituents is 1. The Kier molecular flexibility index (Phi) is 3.31. The first-order chi connectivity index (χ1) is 7.77. The Hall–Kier alpha value is -1.26. The predicted molar refractivity (Wildman–Crippen MR) is 59.9 cm³/mol. The van der Waals surface area contributed by atoms with Gasteiger partial charge in [-0.2, -0.15) is 0 Å². The summed E-state index contributed by atoms with van der Waals surface area (Å²) in [6.07, 6.45) is 4.08. The van der Waals surface area contributed by atoms with Crippen molar-refractivity contribution in [3.05, 3.63) is 22.8 Å². The molecule has 0 saturated carbocycles. The van der Waals surface area contributed by atoms with Crippen LogP contribution in [0.5, 0.6) is 11.5 Å². The van der Waals surface area contributed by atoms with E-state index in [1.165, 1.54) is 0 Å². The zero-order valence-electron chi connectivity index (χ0n) is 9.42. The second-order valence-electron chi connectivity index (χ2n) is 4.09. The molecular formula is C12H17NO3. The summed E-state index contributed by atoms with van der Waals surface area (Å²) in [7, 11) is 1.64. The molecule has 1 aromatic rings. The summed E-state index contributed by atoms with van der Waals surface area (Å²) in [5, 5.41) is 18.8. The highest BCUT2D eigenvalue weighted by atomic mass is 16.5. The quantitative estimate of drug-likeness (QED) is 0.683. The van der Waals surface area contributed by atoms with Gasteiger partial charge < -0.3 is 15.1 Å². The normalized spacial score (nSPS) is 14.6. The average Bonchev–Trinajstić information content (AvgIpc) is 2.33. The van der Waals surface area contributed by atoms with Crippen LogP contribution >= 0.6 is 0 Å². The van der Waals surface area contributed by atoms with Crippen LogP contribution in [0.2, 0.25) is 0 Å². The van der Waals surface area contributed by atoms with E-state index in [1.54, 1.807) is 13.2 Å². The molecule has 0 unspecified atom stereocenters. The molecule has 0 saturated heterocycles. The first-order valence-electron chi connectivity index (χ1n) is 5.55. The Labute approximate surface area is 94.8 Å². The summed E-state index contributed by atoms with van der Waals surface area (Å²) in [6.45, 7) is 0.232. The summed E-state index contributed by atoms with van der Waals surface area (Å²) in [6, 6.07) is 1.79. The molecule has 0 aliphatic heterocycles. The average molecular weight is 223 g/mol. The van der Waals surface area contributed by atoms with Gasteiger partial charge in [-0.3, -0.25) is 0 Å². The fourth-order valence-electron chi connectivity index (χ4n) is 2.35. The first-order valence-corrected chi connectivity index (χ1v) is 5.55. The number of nitrogens with one attached hydrogen (secondary N) is 1. The lowest BCUT2D eigenvalue weighted by Crippen LogP contribution is -2.11. The van der Waals surface area contributed by atoms with E-state index in [4.69, 9.17) is 9.94 Å². The molecule has 0 amide bonds. The van der Waals surface area contributed by atoms with Crippen LogP contribution in [0.1, 0.15) is 29.5 Å². The number of rotatable bonds is 3. The molecule has 3 N–H and O–H groups in total. The summed E-state index contributed by atoms with van der Waals surface area (Å²) < 4.78 is 5.33. The van der Waals surface area contributed by atoms with E-state index in [1.807, 2.05) is 0 Å². The maximum Gasteiger partial charge on any atom is 0.123 e. The molecule has 0 heterocycles. The number of methoxy groups -OCH3 is 1. The van der Waals surface area contributed by atoms with Crippen LogP contribution < -0.4 is 10.2 Å². The molecule has 16 heavy (non-hydrogen) atoms. The van der Waals surface area contributed by atoms with Crippen LogP contribution in [0.15, 0.2) is 6.07 Å². The van der Waals surface area contributed by atoms with Crippen molar-refractivity contribution in [2.45, 2.75) is 32.2 Å². The summed E-state index contributed by atoms with van der Waals surface area (Å²) in [5.41, 5.74) is 4.85. The van der Waals surface area contributed by atoms with Crippen LogP contribution in [0.25, 0.3) is 0 Å². The monoisotopic (exact) mass is 223 g/mol. The Morgan fingerprint density at radius 3 is 2.62 bits per heavy atom. The predicted octanol–water partition coefficient (Wildman–Crippen LogP) is 1.76. The number of ether oxygens (including phenoxy) is 1. The number of aromatic hydroxyl groups is 1. The van der Waals surface area contributed by atoms with Crippen molar-refractivity contribution in [2.75, 3.05) is 7.11 Å². The first kappa shape index (κ1) is 11.2. The lowest BCUT2D eigenvalue weighted by Gasteiger charge is -2.21. The molecule has 0 aromatic heterocycles. The molecule has 1 aromatic carbocycles. The SMILES string of the molecule is COc1cc(CNO)c(O)c2c1CCCC2. The molecule has 1 aliphatic carbocycles. The third kappa shape index (κ3) is 1.86. The molecule has 2 rings (SSSR count). The molecule has 4 nitrogen and oxygen atoms in total. The van der Waals surface area contributed by atoms with Crippen molar-refractivity contribution in [3.8, 4) is 11.5 Å². The van der Waals surface area contributed by atoms with E-state index < -0.39 is 0 Å². The van der Waals surface area contributed by atoms with Crippen LogP contribution in [0, 0.1) is 0 Å². The van der Waals surface area contributed by atoms with Gasteiger partial charge in [0.05, 0.1) is 7.11 Å². The third-order valence-corrected chi connectivity index (χ3v) is 3.15. The van der Waals surface area contributed by atoms with Crippen molar-refractivity contribution in [1.82, 2.24) is 5.48 Å². The summed E-state index contributed by atoms with van der Waals surface area (Å²) >= 11 is 0. The lowest BCUT2D eigenvalue weighted by atomic mass is 9.88. The molecule has 0 fully saturated rings. The minimum atomic E-state index is 0.232. The number of fused-ring (bicyclic) bond motifs is 1. The third-order valence-electron chi connectivity index (χ3n) is 3.15. The smallest absolute Gasteiger partial charge is 0.123 e. The van der Waals surface area contributed by atoms with E-state index in [-0.39, 0.29) is 6.54 Å². The Morgan fingerprint density at radius 1 is 1.31 bits per heavy atom. The minimum absolute atomic E-state index is 0.232. The van der Waals surface area contributed by atoms with Gasteiger partial charge in [0.15, 0.2) is 0 Å². The number of hydrogen-bond donors (Lipinski definition) is 3. The van der Waals surface area contributed by atoms with E-state index in [0.29, 0.717) is 11.3 Å².